The summed E-state index contributed by atoms with van der Waals surface area (Å²) in [5.74, 6) is -2.86. The van der Waals surface area contributed by atoms with Gasteiger partial charge in [-0.15, -0.1) is 13.2 Å². The summed E-state index contributed by atoms with van der Waals surface area (Å²) in [5, 5.41) is 10.1. The van der Waals surface area contributed by atoms with Gasteiger partial charge in [0.05, 0.1) is 37.2 Å². The Kier molecular flexibility index (Phi) is 9.03. The maximum Gasteiger partial charge on any atom is 0.312 e. The Morgan fingerprint density at radius 3 is 2.59 bits per heavy atom. The van der Waals surface area contributed by atoms with Crippen LogP contribution in [0.25, 0.3) is 0 Å². The van der Waals surface area contributed by atoms with Gasteiger partial charge in [0.2, 0.25) is 5.91 Å². The van der Waals surface area contributed by atoms with Crippen molar-refractivity contribution < 1.29 is 29.0 Å². The number of unbranched alkanes of at least 4 members (excludes halogenated alkanes) is 2. The normalized spacial score (nSPS) is 29.7. The van der Waals surface area contributed by atoms with Crippen molar-refractivity contribution in [3.63, 3.8) is 0 Å². The van der Waals surface area contributed by atoms with E-state index >= 15 is 0 Å². The van der Waals surface area contributed by atoms with Gasteiger partial charge in [0.15, 0.2) is 0 Å². The van der Waals surface area contributed by atoms with E-state index < -0.39 is 41.6 Å². The molecule has 1 aromatic rings. The number of carbonyl (C=O) groups excluding carboxylic acids is 3. The molecule has 2 bridgehead atoms. The first-order valence-corrected chi connectivity index (χ1v) is 14.6. The van der Waals surface area contributed by atoms with E-state index in [1.54, 1.807) is 17.9 Å². The van der Waals surface area contributed by atoms with Crippen molar-refractivity contribution in [2.75, 3.05) is 24.7 Å². The molecule has 0 saturated carbocycles. The fourth-order valence-corrected chi connectivity index (χ4v) is 7.58. The van der Waals surface area contributed by atoms with Crippen molar-refractivity contribution in [3.8, 4) is 0 Å². The highest BCUT2D eigenvalue weighted by Crippen LogP contribution is 2.60. The summed E-state index contributed by atoms with van der Waals surface area (Å²) >= 11 is 3.68. The lowest BCUT2D eigenvalue weighted by molar-refractivity contribution is -0.155. The SMILES string of the molecule is C=CCCCCOC(=O)[C@H]1[C@@H]2OC3(CC2Br)C(C(=O)N(CC=C)c2c(C)cccc2C)N([C@H](C)CO)C(=O)[C@H]13. The summed E-state index contributed by atoms with van der Waals surface area (Å²) in [6, 6.07) is 4.14. The van der Waals surface area contributed by atoms with Crippen molar-refractivity contribution in [2.24, 2.45) is 11.8 Å². The van der Waals surface area contributed by atoms with Gasteiger partial charge in [0, 0.05) is 17.1 Å². The molecule has 212 valence electrons. The Balaban J connectivity index is 1.74. The molecule has 3 saturated heterocycles. The molecule has 9 heteroatoms. The number of allylic oxidation sites excluding steroid dienone is 1. The molecule has 0 aromatic heterocycles. The van der Waals surface area contributed by atoms with Gasteiger partial charge in [-0.05, 0) is 57.6 Å². The van der Waals surface area contributed by atoms with Gasteiger partial charge >= 0.3 is 5.97 Å². The molecule has 1 N–H and O–H groups in total. The Hall–Kier alpha value is -2.49. The van der Waals surface area contributed by atoms with Crippen LogP contribution in [-0.4, -0.2) is 76.2 Å². The number of alkyl halides is 1. The van der Waals surface area contributed by atoms with E-state index in [0.29, 0.717) is 12.8 Å². The van der Waals surface area contributed by atoms with Crippen LogP contribution >= 0.6 is 15.9 Å². The van der Waals surface area contributed by atoms with E-state index in [1.165, 1.54) is 4.90 Å². The standard InChI is InChI=1S/C30H39BrN2O6/c1-6-8-9-10-15-38-29(37)22-23-27(35)33(20(5)17-34)26(30(23)16-21(31)25(22)39-30)28(36)32(14-7-2)24-18(3)12-11-13-19(24)4/h6-7,11-13,20-23,25-26,34H,1-2,8-10,14-17H2,3-5H3/t20-,21?,22-,23+,25-,26?,30?/m1/s1. The number of hydrogen-bond donors (Lipinski definition) is 1. The lowest BCUT2D eigenvalue weighted by Crippen LogP contribution is -2.59. The van der Waals surface area contributed by atoms with E-state index in [2.05, 4.69) is 29.1 Å². The summed E-state index contributed by atoms with van der Waals surface area (Å²) in [6.45, 7) is 13.3. The second kappa shape index (κ2) is 11.9. The van der Waals surface area contributed by atoms with E-state index in [0.717, 1.165) is 29.7 Å². The number of likely N-dealkylation sites (tertiary alicyclic amines) is 1. The average molecular weight is 604 g/mol. The number of hydrogen-bond acceptors (Lipinski definition) is 6. The van der Waals surface area contributed by atoms with Crippen LogP contribution < -0.4 is 4.90 Å². The van der Waals surface area contributed by atoms with Crippen molar-refractivity contribution in [1.82, 2.24) is 4.90 Å². The average Bonchev–Trinajstić information content (AvgIpc) is 3.50. The van der Waals surface area contributed by atoms with Crippen LogP contribution in [0.4, 0.5) is 5.69 Å². The van der Waals surface area contributed by atoms with E-state index in [9.17, 15) is 19.5 Å². The van der Waals surface area contributed by atoms with Crippen LogP contribution in [0, 0.1) is 25.7 Å². The minimum absolute atomic E-state index is 0.229. The molecule has 0 aliphatic carbocycles. The molecular formula is C30H39BrN2O6. The molecule has 0 radical (unpaired) electrons. The Labute approximate surface area is 239 Å². The number of fused-ring (bicyclic) bond motifs is 1. The number of aliphatic hydroxyl groups excluding tert-OH is 1. The van der Waals surface area contributed by atoms with Crippen LogP contribution in [0.3, 0.4) is 0 Å². The number of amides is 2. The van der Waals surface area contributed by atoms with Gasteiger partial charge in [-0.25, -0.2) is 0 Å². The number of benzene rings is 1. The number of rotatable bonds is 12. The molecule has 2 amide bonds. The number of para-hydroxylation sites is 1. The molecular weight excluding hydrogens is 564 g/mol. The van der Waals surface area contributed by atoms with Crippen LogP contribution in [0.2, 0.25) is 0 Å². The highest BCUT2D eigenvalue weighted by molar-refractivity contribution is 9.09. The predicted octanol–water partition coefficient (Wildman–Crippen LogP) is 3.85. The number of aryl methyl sites for hydroxylation is 2. The van der Waals surface area contributed by atoms with Gasteiger partial charge in [-0.3, -0.25) is 14.4 Å². The largest absolute Gasteiger partial charge is 0.465 e. The number of anilines is 1. The first-order valence-electron chi connectivity index (χ1n) is 13.7. The minimum atomic E-state index is -1.22. The molecule has 3 aliphatic rings. The highest BCUT2D eigenvalue weighted by atomic mass is 79.9. The summed E-state index contributed by atoms with van der Waals surface area (Å²) in [4.78, 5) is 44.9. The molecule has 4 rings (SSSR count). The molecule has 3 unspecified atom stereocenters. The molecule has 39 heavy (non-hydrogen) atoms. The zero-order valence-corrected chi connectivity index (χ0v) is 24.6. The van der Waals surface area contributed by atoms with Gasteiger partial charge in [0.25, 0.3) is 5.91 Å². The smallest absolute Gasteiger partial charge is 0.312 e. The van der Waals surface area contributed by atoms with Crippen molar-refractivity contribution in [3.05, 3.63) is 54.6 Å². The third kappa shape index (κ3) is 4.98. The van der Waals surface area contributed by atoms with Crippen LogP contribution in [0.15, 0.2) is 43.5 Å². The van der Waals surface area contributed by atoms with Gasteiger partial charge in [0.1, 0.15) is 11.6 Å². The molecule has 8 nitrogen and oxygen atoms in total. The monoisotopic (exact) mass is 602 g/mol. The van der Waals surface area contributed by atoms with Gasteiger partial charge < -0.3 is 24.4 Å². The number of ether oxygens (including phenoxy) is 2. The summed E-state index contributed by atoms with van der Waals surface area (Å²) in [7, 11) is 0. The topological polar surface area (TPSA) is 96.4 Å². The van der Waals surface area contributed by atoms with Gasteiger partial charge in [-0.2, -0.15) is 0 Å². The quantitative estimate of drug-likeness (QED) is 0.169. The van der Waals surface area contributed by atoms with Gasteiger partial charge in [-0.1, -0.05) is 46.3 Å². The molecule has 3 fully saturated rings. The van der Waals surface area contributed by atoms with Crippen molar-refractivity contribution in [2.45, 2.75) is 75.1 Å². The number of aliphatic hydroxyl groups is 1. The minimum Gasteiger partial charge on any atom is -0.465 e. The van der Waals surface area contributed by atoms with E-state index in [4.69, 9.17) is 9.47 Å². The predicted molar refractivity (Wildman–Crippen MR) is 153 cm³/mol. The highest BCUT2D eigenvalue weighted by Gasteiger charge is 2.77. The third-order valence-electron chi connectivity index (χ3n) is 8.31. The molecule has 7 atom stereocenters. The molecule has 3 aliphatic heterocycles. The zero-order valence-electron chi connectivity index (χ0n) is 23.0. The van der Waals surface area contributed by atoms with Crippen LogP contribution in [0.1, 0.15) is 43.7 Å². The number of halogens is 1. The van der Waals surface area contributed by atoms with Crippen LogP contribution in [-0.2, 0) is 23.9 Å². The second-order valence-corrected chi connectivity index (χ2v) is 12.0. The third-order valence-corrected chi connectivity index (χ3v) is 9.15. The van der Waals surface area contributed by atoms with Crippen molar-refractivity contribution >= 4 is 39.4 Å². The summed E-state index contributed by atoms with van der Waals surface area (Å²) < 4.78 is 12.2. The molecule has 1 spiro atoms. The first kappa shape index (κ1) is 29.5. The van der Waals surface area contributed by atoms with Crippen molar-refractivity contribution in [1.29, 1.82) is 0 Å². The second-order valence-electron chi connectivity index (χ2n) is 10.9. The number of nitrogens with zero attached hydrogens (tertiary/aromatic N) is 2. The fourth-order valence-electron chi connectivity index (χ4n) is 6.64. The Morgan fingerprint density at radius 1 is 1.28 bits per heavy atom. The van der Waals surface area contributed by atoms with E-state index in [-0.39, 0.29) is 36.4 Å². The maximum absolute atomic E-state index is 14.6. The number of carbonyl (C=O) groups is 3. The fraction of sp³-hybridized carbons (Fsp3) is 0.567. The lowest BCUT2D eigenvalue weighted by Gasteiger charge is -2.39. The molecule has 1 aromatic carbocycles. The molecule has 3 heterocycles. The maximum atomic E-state index is 14.6. The Bertz CT molecular complexity index is 1120. The Morgan fingerprint density at radius 2 is 1.97 bits per heavy atom. The summed E-state index contributed by atoms with van der Waals surface area (Å²) in [5.41, 5.74) is 1.36. The first-order chi connectivity index (χ1) is 18.6. The number of esters is 1. The van der Waals surface area contributed by atoms with E-state index in [1.807, 2.05) is 38.1 Å². The lowest BCUT2D eigenvalue weighted by atomic mass is 9.70. The zero-order chi connectivity index (χ0) is 28.5. The summed E-state index contributed by atoms with van der Waals surface area (Å²) in [6.07, 6.45) is 5.65. The van der Waals surface area contributed by atoms with Crippen LogP contribution in [0.5, 0.6) is 0 Å².